The quantitative estimate of drug-likeness (QED) is 0.819. The summed E-state index contributed by atoms with van der Waals surface area (Å²) in [6, 6.07) is 1.72. The summed E-state index contributed by atoms with van der Waals surface area (Å²) in [7, 11) is 0. The van der Waals surface area contributed by atoms with Crippen molar-refractivity contribution >= 4 is 11.4 Å². The van der Waals surface area contributed by atoms with Crippen LogP contribution in [0.1, 0.15) is 46.0 Å². The lowest BCUT2D eigenvalue weighted by atomic mass is 10.2. The number of rotatable bonds is 4. The highest BCUT2D eigenvalue weighted by molar-refractivity contribution is 7.90. The molecule has 5 heteroatoms. The second-order valence-corrected chi connectivity index (χ2v) is 6.56. The van der Waals surface area contributed by atoms with Crippen LogP contribution in [-0.2, 0) is 11.4 Å². The van der Waals surface area contributed by atoms with Crippen LogP contribution in [0.5, 0.6) is 0 Å². The van der Waals surface area contributed by atoms with Crippen LogP contribution < -0.4 is 4.72 Å². The second-order valence-electron chi connectivity index (χ2n) is 4.57. The van der Waals surface area contributed by atoms with Crippen molar-refractivity contribution in [3.63, 3.8) is 0 Å². The monoisotopic (exact) mass is 241 g/mol. The normalized spacial score (nSPS) is 15.8. The molecule has 0 aliphatic heterocycles. The van der Waals surface area contributed by atoms with E-state index >= 15 is 0 Å². The van der Waals surface area contributed by atoms with E-state index in [4.69, 9.17) is 0 Å². The molecule has 1 aromatic rings. The molecule has 0 aliphatic carbocycles. The van der Waals surface area contributed by atoms with Crippen LogP contribution in [0.25, 0.3) is 0 Å². The van der Waals surface area contributed by atoms with E-state index in [9.17, 15) is 4.55 Å². The number of nitrogens with one attached hydrogen (secondary N) is 1. The first-order valence-electron chi connectivity index (χ1n) is 5.40. The molecule has 0 bridgehead atoms. The highest BCUT2D eigenvalue weighted by Gasteiger charge is 2.29. The predicted octanol–water partition coefficient (Wildman–Crippen LogP) is 1.98. The maximum absolute atomic E-state index is 12.0. The lowest BCUT2D eigenvalue weighted by Gasteiger charge is -2.26. The zero-order chi connectivity index (χ0) is 12.2. The third-order valence-corrected chi connectivity index (χ3v) is 3.72. The first-order valence-corrected chi connectivity index (χ1v) is 6.55. The molecule has 1 heterocycles. The van der Waals surface area contributed by atoms with Gasteiger partial charge in [-0.3, -0.25) is 0 Å². The molecule has 0 spiro atoms. The van der Waals surface area contributed by atoms with Gasteiger partial charge in [0.2, 0.25) is 0 Å². The van der Waals surface area contributed by atoms with Crippen molar-refractivity contribution < 1.29 is 4.55 Å². The Labute approximate surface area is 100 Å². The predicted molar refractivity (Wildman–Crippen MR) is 66.1 cm³/mol. The van der Waals surface area contributed by atoms with Gasteiger partial charge in [-0.15, -0.1) is 4.72 Å². The van der Waals surface area contributed by atoms with Gasteiger partial charge in [-0.05, 0) is 33.3 Å². The summed E-state index contributed by atoms with van der Waals surface area (Å²) in [5, 5.41) is 0. The lowest BCUT2D eigenvalue weighted by molar-refractivity contribution is 0.509. The van der Waals surface area contributed by atoms with E-state index in [2.05, 4.69) is 14.7 Å². The van der Waals surface area contributed by atoms with Crippen LogP contribution >= 0.6 is 0 Å². The first kappa shape index (κ1) is 13.4. The van der Waals surface area contributed by atoms with Gasteiger partial charge >= 0.3 is 0 Å². The fraction of sp³-hybridized carbons (Fsp3) is 0.636. The fourth-order valence-electron chi connectivity index (χ4n) is 1.12. The minimum absolute atomic E-state index is 0.0544. The van der Waals surface area contributed by atoms with E-state index in [1.54, 1.807) is 18.5 Å². The molecule has 0 saturated heterocycles. The molecule has 0 amide bonds. The molecule has 1 unspecified atom stereocenters. The van der Waals surface area contributed by atoms with E-state index in [1.165, 1.54) is 0 Å². The van der Waals surface area contributed by atoms with Crippen molar-refractivity contribution in [3.05, 3.63) is 24.3 Å². The van der Waals surface area contributed by atoms with E-state index in [0.717, 1.165) is 6.42 Å². The largest absolute Gasteiger partial charge is 0.598 e. The van der Waals surface area contributed by atoms with Crippen LogP contribution in [-0.4, -0.2) is 19.3 Å². The summed E-state index contributed by atoms with van der Waals surface area (Å²) in [6.45, 7) is 7.84. The Morgan fingerprint density at radius 1 is 1.38 bits per heavy atom. The van der Waals surface area contributed by atoms with Crippen molar-refractivity contribution in [1.82, 2.24) is 14.7 Å². The third kappa shape index (κ3) is 3.73. The lowest BCUT2D eigenvalue weighted by Crippen LogP contribution is -2.41. The van der Waals surface area contributed by atoms with Crippen molar-refractivity contribution in [2.24, 2.45) is 0 Å². The van der Waals surface area contributed by atoms with Gasteiger partial charge in [0.05, 0.1) is 0 Å². The minimum atomic E-state index is -1.10. The van der Waals surface area contributed by atoms with Gasteiger partial charge in [-0.25, -0.2) is 9.97 Å². The third-order valence-electron chi connectivity index (χ3n) is 2.11. The van der Waals surface area contributed by atoms with Crippen molar-refractivity contribution in [2.75, 3.05) is 0 Å². The average molecular weight is 241 g/mol. The van der Waals surface area contributed by atoms with Gasteiger partial charge < -0.3 is 4.55 Å². The van der Waals surface area contributed by atoms with Crippen molar-refractivity contribution in [2.45, 2.75) is 44.9 Å². The zero-order valence-electron chi connectivity index (χ0n) is 10.2. The molecule has 0 saturated carbocycles. The summed E-state index contributed by atoms with van der Waals surface area (Å²) in [6.07, 6.45) is 4.21. The number of hydrogen-bond acceptors (Lipinski definition) is 4. The van der Waals surface area contributed by atoms with Gasteiger partial charge in [0.25, 0.3) is 0 Å². The van der Waals surface area contributed by atoms with Gasteiger partial charge in [0, 0.05) is 23.8 Å². The van der Waals surface area contributed by atoms with Crippen LogP contribution in [0.4, 0.5) is 0 Å². The van der Waals surface area contributed by atoms with Gasteiger partial charge in [0.1, 0.15) is 16.6 Å². The molecule has 1 N–H and O–H groups in total. The Hall–Kier alpha value is -0.650. The molecule has 16 heavy (non-hydrogen) atoms. The standard InChI is InChI=1S/C11H19N3OS/c1-5-9(10-12-7-6-8-13-10)14-16(15)11(2,3)4/h6-9,14H,5H2,1-4H3/t9-,16?/m0/s1. The van der Waals surface area contributed by atoms with E-state index < -0.39 is 11.4 Å². The average Bonchev–Trinajstić information content (AvgIpc) is 2.25. The van der Waals surface area contributed by atoms with E-state index in [1.807, 2.05) is 27.7 Å². The number of nitrogens with zero attached hydrogens (tertiary/aromatic N) is 2. The Morgan fingerprint density at radius 2 is 1.94 bits per heavy atom. The molecule has 0 radical (unpaired) electrons. The van der Waals surface area contributed by atoms with E-state index in [0.29, 0.717) is 5.82 Å². The molecule has 0 fully saturated rings. The molecule has 90 valence electrons. The van der Waals surface area contributed by atoms with Crippen molar-refractivity contribution in [1.29, 1.82) is 0 Å². The Bertz CT molecular complexity index is 313. The van der Waals surface area contributed by atoms with Crippen LogP contribution in [0.15, 0.2) is 18.5 Å². The Morgan fingerprint density at radius 3 is 2.38 bits per heavy atom. The van der Waals surface area contributed by atoms with Crippen LogP contribution in [0.3, 0.4) is 0 Å². The summed E-state index contributed by atoms with van der Waals surface area (Å²) in [5.74, 6) is 0.697. The highest BCUT2D eigenvalue weighted by atomic mass is 32.2. The molecular weight excluding hydrogens is 222 g/mol. The molecule has 2 atom stereocenters. The molecule has 4 nitrogen and oxygen atoms in total. The second kappa shape index (κ2) is 5.61. The number of aromatic nitrogens is 2. The smallest absolute Gasteiger partial charge is 0.149 e. The summed E-state index contributed by atoms with van der Waals surface area (Å²) < 4.78 is 14.7. The molecule has 1 aromatic heterocycles. The maximum Gasteiger partial charge on any atom is 0.149 e. The Kier molecular flexibility index (Phi) is 4.70. The summed E-state index contributed by atoms with van der Waals surface area (Å²) in [4.78, 5) is 8.35. The SMILES string of the molecule is CC[C@H](N[S+]([O-])C(C)(C)C)c1ncccn1. The topological polar surface area (TPSA) is 60.9 Å². The fourth-order valence-corrected chi connectivity index (χ4v) is 2.00. The number of hydrogen-bond donors (Lipinski definition) is 1. The van der Waals surface area contributed by atoms with Crippen molar-refractivity contribution in [3.8, 4) is 0 Å². The molecule has 0 aromatic carbocycles. The highest BCUT2D eigenvalue weighted by Crippen LogP contribution is 2.19. The van der Waals surface area contributed by atoms with Gasteiger partial charge in [-0.2, -0.15) is 0 Å². The molecular formula is C11H19N3OS. The summed E-state index contributed by atoms with van der Waals surface area (Å²) in [5.41, 5.74) is 0. The van der Waals surface area contributed by atoms with Gasteiger partial charge in [-0.1, -0.05) is 6.92 Å². The van der Waals surface area contributed by atoms with Crippen LogP contribution in [0, 0.1) is 0 Å². The minimum Gasteiger partial charge on any atom is -0.598 e. The Balaban J connectivity index is 2.70. The summed E-state index contributed by atoms with van der Waals surface area (Å²) >= 11 is -1.10. The maximum atomic E-state index is 12.0. The molecule has 0 aliphatic rings. The van der Waals surface area contributed by atoms with Crippen LogP contribution in [0.2, 0.25) is 0 Å². The molecule has 1 rings (SSSR count). The van der Waals surface area contributed by atoms with Gasteiger partial charge in [0.15, 0.2) is 0 Å². The first-order chi connectivity index (χ1) is 7.45. The van der Waals surface area contributed by atoms with E-state index in [-0.39, 0.29) is 10.8 Å². The zero-order valence-corrected chi connectivity index (χ0v) is 11.0.